The molecule has 0 aliphatic heterocycles. The van der Waals surface area contributed by atoms with Gasteiger partial charge in [0.05, 0.1) is 24.8 Å². The smallest absolute Gasteiger partial charge is 0.262 e. The van der Waals surface area contributed by atoms with E-state index in [1.54, 1.807) is 26.2 Å². The zero-order valence-electron chi connectivity index (χ0n) is 12.4. The summed E-state index contributed by atoms with van der Waals surface area (Å²) in [7, 11) is -0.713. The van der Waals surface area contributed by atoms with Crippen molar-refractivity contribution < 1.29 is 17.9 Å². The van der Waals surface area contributed by atoms with Crippen LogP contribution in [-0.4, -0.2) is 22.6 Å². The molecule has 0 bridgehead atoms. The monoisotopic (exact) mass is 341 g/mol. The molecule has 0 aliphatic rings. The molecule has 118 valence electrons. The largest absolute Gasteiger partial charge is 0.496 e. The third kappa shape index (κ3) is 3.28. The van der Waals surface area contributed by atoms with Crippen LogP contribution in [0.5, 0.6) is 11.5 Å². The normalized spacial score (nSPS) is 11.1. The standard InChI is InChI=1S/C15H16ClNO4S/c1-10-14(20-2)9-8-13(15(10)21-3)17-22(18,19)12-6-4-11(16)5-7-12/h4-9,17H,1-3H3. The van der Waals surface area contributed by atoms with Crippen LogP contribution in [-0.2, 0) is 10.0 Å². The first-order valence-electron chi connectivity index (χ1n) is 6.39. The predicted octanol–water partition coefficient (Wildman–Crippen LogP) is 3.47. The number of ether oxygens (including phenoxy) is 2. The molecular weight excluding hydrogens is 326 g/mol. The average molecular weight is 342 g/mol. The second kappa shape index (κ2) is 6.46. The van der Waals surface area contributed by atoms with Crippen LogP contribution in [0.4, 0.5) is 5.69 Å². The van der Waals surface area contributed by atoms with E-state index in [9.17, 15) is 8.42 Å². The number of hydrogen-bond acceptors (Lipinski definition) is 4. The molecule has 7 heteroatoms. The number of anilines is 1. The first-order valence-corrected chi connectivity index (χ1v) is 8.25. The zero-order chi connectivity index (χ0) is 16.3. The molecule has 0 unspecified atom stereocenters. The molecule has 2 rings (SSSR count). The molecule has 0 saturated carbocycles. The van der Waals surface area contributed by atoms with Crippen LogP contribution in [0.2, 0.25) is 5.02 Å². The Bertz CT molecular complexity index is 773. The second-order valence-electron chi connectivity index (χ2n) is 4.53. The Morgan fingerprint density at radius 2 is 1.64 bits per heavy atom. The Balaban J connectivity index is 2.41. The van der Waals surface area contributed by atoms with Gasteiger partial charge in [-0.25, -0.2) is 8.42 Å². The van der Waals surface area contributed by atoms with Crippen LogP contribution in [0.15, 0.2) is 41.3 Å². The molecule has 22 heavy (non-hydrogen) atoms. The fraction of sp³-hybridized carbons (Fsp3) is 0.200. The molecule has 0 radical (unpaired) electrons. The maximum Gasteiger partial charge on any atom is 0.262 e. The SMILES string of the molecule is COc1ccc(NS(=O)(=O)c2ccc(Cl)cc2)c(OC)c1C. The molecular formula is C15H16ClNO4S. The first-order chi connectivity index (χ1) is 10.4. The molecule has 0 amide bonds. The topological polar surface area (TPSA) is 64.6 Å². The van der Waals surface area contributed by atoms with Gasteiger partial charge in [-0.1, -0.05) is 11.6 Å². The van der Waals surface area contributed by atoms with Gasteiger partial charge in [-0.15, -0.1) is 0 Å². The lowest BCUT2D eigenvalue weighted by Gasteiger charge is -2.16. The van der Waals surface area contributed by atoms with Crippen molar-refractivity contribution in [3.05, 3.63) is 47.0 Å². The Hall–Kier alpha value is -1.92. The maximum atomic E-state index is 12.4. The fourth-order valence-corrected chi connectivity index (χ4v) is 3.24. The molecule has 0 spiro atoms. The molecule has 2 aromatic rings. The van der Waals surface area contributed by atoms with Crippen LogP contribution in [0.1, 0.15) is 5.56 Å². The van der Waals surface area contributed by atoms with E-state index in [2.05, 4.69) is 4.72 Å². The van der Waals surface area contributed by atoms with Gasteiger partial charge in [-0.05, 0) is 43.3 Å². The number of halogens is 1. The van der Waals surface area contributed by atoms with Gasteiger partial charge in [0.1, 0.15) is 11.5 Å². The van der Waals surface area contributed by atoms with E-state index in [0.29, 0.717) is 27.8 Å². The number of sulfonamides is 1. The summed E-state index contributed by atoms with van der Waals surface area (Å²) < 4.78 is 37.8. The van der Waals surface area contributed by atoms with Crippen molar-refractivity contribution in [2.24, 2.45) is 0 Å². The number of rotatable bonds is 5. The summed E-state index contributed by atoms with van der Waals surface area (Å²) in [5.74, 6) is 1.03. The molecule has 0 saturated heterocycles. The molecule has 0 atom stereocenters. The minimum Gasteiger partial charge on any atom is -0.496 e. The van der Waals surface area contributed by atoms with Gasteiger partial charge in [-0.2, -0.15) is 0 Å². The average Bonchev–Trinajstić information content (AvgIpc) is 2.48. The predicted molar refractivity (Wildman–Crippen MR) is 86.5 cm³/mol. The molecule has 0 fully saturated rings. The van der Waals surface area contributed by atoms with Crippen molar-refractivity contribution in [1.29, 1.82) is 0 Å². The number of benzene rings is 2. The van der Waals surface area contributed by atoms with E-state index < -0.39 is 10.0 Å². The molecule has 5 nitrogen and oxygen atoms in total. The number of hydrogen-bond donors (Lipinski definition) is 1. The van der Waals surface area contributed by atoms with Crippen LogP contribution in [0, 0.1) is 6.92 Å². The summed E-state index contributed by atoms with van der Waals surface area (Å²) in [6, 6.07) is 9.19. The van der Waals surface area contributed by atoms with Crippen LogP contribution in [0.25, 0.3) is 0 Å². The van der Waals surface area contributed by atoms with Crippen LogP contribution in [0.3, 0.4) is 0 Å². The van der Waals surface area contributed by atoms with Crippen molar-refractivity contribution in [2.75, 3.05) is 18.9 Å². The van der Waals surface area contributed by atoms with Gasteiger partial charge in [0.25, 0.3) is 10.0 Å². The maximum absolute atomic E-state index is 12.4. The first kappa shape index (κ1) is 16.5. The lowest BCUT2D eigenvalue weighted by molar-refractivity contribution is 0.390. The zero-order valence-corrected chi connectivity index (χ0v) is 14.0. The summed E-state index contributed by atoms with van der Waals surface area (Å²) in [5, 5.41) is 0.469. The highest BCUT2D eigenvalue weighted by Crippen LogP contribution is 2.36. The van der Waals surface area contributed by atoms with Crippen LogP contribution >= 0.6 is 11.6 Å². The molecule has 1 N–H and O–H groups in total. The Morgan fingerprint density at radius 1 is 1.00 bits per heavy atom. The number of nitrogens with one attached hydrogen (secondary N) is 1. The van der Waals surface area contributed by atoms with Crippen molar-refractivity contribution >= 4 is 27.3 Å². The second-order valence-corrected chi connectivity index (χ2v) is 6.65. The lowest BCUT2D eigenvalue weighted by Crippen LogP contribution is -2.14. The fourth-order valence-electron chi connectivity index (χ4n) is 2.06. The van der Waals surface area contributed by atoms with Gasteiger partial charge >= 0.3 is 0 Å². The van der Waals surface area contributed by atoms with E-state index in [-0.39, 0.29) is 4.90 Å². The van der Waals surface area contributed by atoms with Gasteiger partial charge in [0.15, 0.2) is 0 Å². The van der Waals surface area contributed by atoms with E-state index in [1.165, 1.54) is 31.4 Å². The molecule has 0 aliphatic carbocycles. The van der Waals surface area contributed by atoms with Gasteiger partial charge < -0.3 is 9.47 Å². The highest BCUT2D eigenvalue weighted by Gasteiger charge is 2.18. The summed E-state index contributed by atoms with van der Waals surface area (Å²) >= 11 is 5.77. The van der Waals surface area contributed by atoms with E-state index >= 15 is 0 Å². The minimum atomic E-state index is -3.73. The van der Waals surface area contributed by atoms with Gasteiger partial charge in [0, 0.05) is 10.6 Å². The summed E-state index contributed by atoms with van der Waals surface area (Å²) in [4.78, 5) is 0.118. The highest BCUT2D eigenvalue weighted by molar-refractivity contribution is 7.92. The summed E-state index contributed by atoms with van der Waals surface area (Å²) in [6.07, 6.45) is 0. The Kier molecular flexibility index (Phi) is 4.83. The van der Waals surface area contributed by atoms with Gasteiger partial charge in [0.2, 0.25) is 0 Å². The molecule has 0 heterocycles. The minimum absolute atomic E-state index is 0.118. The van der Waals surface area contributed by atoms with E-state index in [4.69, 9.17) is 21.1 Å². The highest BCUT2D eigenvalue weighted by atomic mass is 35.5. The summed E-state index contributed by atoms with van der Waals surface area (Å²) in [6.45, 7) is 1.79. The summed E-state index contributed by atoms with van der Waals surface area (Å²) in [5.41, 5.74) is 1.05. The van der Waals surface area contributed by atoms with E-state index in [1.807, 2.05) is 0 Å². The third-order valence-electron chi connectivity index (χ3n) is 3.15. The lowest BCUT2D eigenvalue weighted by atomic mass is 10.2. The quantitative estimate of drug-likeness (QED) is 0.904. The van der Waals surface area contributed by atoms with Gasteiger partial charge in [-0.3, -0.25) is 4.72 Å². The van der Waals surface area contributed by atoms with Crippen molar-refractivity contribution in [1.82, 2.24) is 0 Å². The van der Waals surface area contributed by atoms with Crippen molar-refractivity contribution in [2.45, 2.75) is 11.8 Å². The van der Waals surface area contributed by atoms with Crippen LogP contribution < -0.4 is 14.2 Å². The number of methoxy groups -OCH3 is 2. The van der Waals surface area contributed by atoms with E-state index in [0.717, 1.165) is 0 Å². The Labute approximate surface area is 134 Å². The Morgan fingerprint density at radius 3 is 2.18 bits per heavy atom. The van der Waals surface area contributed by atoms with Crippen molar-refractivity contribution in [3.63, 3.8) is 0 Å². The van der Waals surface area contributed by atoms with Crippen molar-refractivity contribution in [3.8, 4) is 11.5 Å². The molecule has 2 aromatic carbocycles. The third-order valence-corrected chi connectivity index (χ3v) is 4.78. The molecule has 0 aromatic heterocycles.